The average molecular weight is 402 g/mol. The van der Waals surface area contributed by atoms with E-state index in [-0.39, 0.29) is 5.76 Å². The van der Waals surface area contributed by atoms with Crippen molar-refractivity contribution >= 4 is 69.6 Å². The molecule has 0 bridgehead atoms. The van der Waals surface area contributed by atoms with E-state index in [0.29, 0.717) is 15.7 Å². The predicted octanol–water partition coefficient (Wildman–Crippen LogP) is 5.12. The van der Waals surface area contributed by atoms with E-state index in [1.165, 1.54) is 12.3 Å². The summed E-state index contributed by atoms with van der Waals surface area (Å²) in [6.07, 6.45) is 0.346. The first-order chi connectivity index (χ1) is 10.3. The molecule has 1 heterocycles. The van der Waals surface area contributed by atoms with Gasteiger partial charge in [-0.3, -0.25) is 4.79 Å². The molecule has 4 nitrogen and oxygen atoms in total. The summed E-state index contributed by atoms with van der Waals surface area (Å²) >= 11 is 29.4. The summed E-state index contributed by atoms with van der Waals surface area (Å²) in [6.45, 7) is 0. The van der Waals surface area contributed by atoms with Gasteiger partial charge in [-0.05, 0) is 30.3 Å². The van der Waals surface area contributed by atoms with Gasteiger partial charge in [-0.1, -0.05) is 58.0 Å². The van der Waals surface area contributed by atoms with Crippen molar-refractivity contribution in [2.24, 2.45) is 0 Å². The first-order valence-electron chi connectivity index (χ1n) is 5.90. The maximum Gasteiger partial charge on any atom is 0.288 e. The second-order valence-electron chi connectivity index (χ2n) is 4.20. The number of alkyl halides is 3. The normalized spacial score (nSPS) is 12.8. The highest BCUT2D eigenvalue weighted by molar-refractivity contribution is 6.68. The molecule has 22 heavy (non-hydrogen) atoms. The SMILES string of the molecule is O=C(N[C@@H](Nc1ccc(Cl)c(Cl)c1)C(Cl)(Cl)Cl)c1ccco1. The van der Waals surface area contributed by atoms with Gasteiger partial charge in [0.25, 0.3) is 5.91 Å². The minimum Gasteiger partial charge on any atom is -0.459 e. The standard InChI is InChI=1S/C13H9Cl5N2O2/c14-8-4-3-7(6-9(8)15)19-12(13(16,17)18)20-11(21)10-2-1-5-22-10/h1-6,12,19H,(H,20,21)/t12-/m1/s1. The van der Waals surface area contributed by atoms with Gasteiger partial charge in [-0.2, -0.15) is 0 Å². The van der Waals surface area contributed by atoms with Crippen LogP contribution in [0.4, 0.5) is 5.69 Å². The van der Waals surface area contributed by atoms with Crippen molar-refractivity contribution in [3.8, 4) is 0 Å². The summed E-state index contributed by atoms with van der Waals surface area (Å²) < 4.78 is 3.18. The van der Waals surface area contributed by atoms with Gasteiger partial charge in [0.1, 0.15) is 6.17 Å². The van der Waals surface area contributed by atoms with Crippen molar-refractivity contribution in [2.75, 3.05) is 5.32 Å². The van der Waals surface area contributed by atoms with Crippen LogP contribution in [-0.4, -0.2) is 15.9 Å². The first-order valence-corrected chi connectivity index (χ1v) is 7.79. The van der Waals surface area contributed by atoms with E-state index in [4.69, 9.17) is 62.4 Å². The molecule has 0 aliphatic rings. The maximum atomic E-state index is 12.0. The Labute approximate surface area is 151 Å². The molecule has 0 radical (unpaired) electrons. The lowest BCUT2D eigenvalue weighted by atomic mass is 10.3. The summed E-state index contributed by atoms with van der Waals surface area (Å²) in [6, 6.07) is 7.83. The fourth-order valence-corrected chi connectivity index (χ4v) is 2.19. The molecule has 2 N–H and O–H groups in total. The molecule has 0 saturated heterocycles. The van der Waals surface area contributed by atoms with Crippen LogP contribution in [0.5, 0.6) is 0 Å². The lowest BCUT2D eigenvalue weighted by Crippen LogP contribution is -2.49. The number of hydrogen-bond acceptors (Lipinski definition) is 3. The first kappa shape index (κ1) is 17.6. The van der Waals surface area contributed by atoms with Gasteiger partial charge in [0.15, 0.2) is 5.76 Å². The molecule has 1 atom stereocenters. The number of halogens is 5. The Hall–Kier alpha value is -0.780. The number of carbonyl (C=O) groups excluding carboxylic acids is 1. The van der Waals surface area contributed by atoms with Crippen LogP contribution in [0.2, 0.25) is 10.0 Å². The zero-order chi connectivity index (χ0) is 16.3. The van der Waals surface area contributed by atoms with Crippen molar-refractivity contribution in [3.63, 3.8) is 0 Å². The van der Waals surface area contributed by atoms with Crippen LogP contribution in [0.3, 0.4) is 0 Å². The van der Waals surface area contributed by atoms with Crippen LogP contribution in [0.1, 0.15) is 10.6 Å². The molecule has 0 unspecified atom stereocenters. The Morgan fingerprint density at radius 2 is 1.86 bits per heavy atom. The van der Waals surface area contributed by atoms with Crippen molar-refractivity contribution < 1.29 is 9.21 Å². The molecular formula is C13H9Cl5N2O2. The number of benzene rings is 1. The fraction of sp³-hybridized carbons (Fsp3) is 0.154. The van der Waals surface area contributed by atoms with Crippen LogP contribution in [0.15, 0.2) is 41.0 Å². The molecule has 0 saturated carbocycles. The third-order valence-corrected chi connectivity index (χ3v) is 3.97. The highest BCUT2D eigenvalue weighted by atomic mass is 35.6. The summed E-state index contributed by atoms with van der Waals surface area (Å²) in [4.78, 5) is 12.0. The fourth-order valence-electron chi connectivity index (χ4n) is 1.56. The van der Waals surface area contributed by atoms with Gasteiger partial charge in [-0.25, -0.2) is 0 Å². The minimum atomic E-state index is -1.81. The highest BCUT2D eigenvalue weighted by Crippen LogP contribution is 2.32. The molecule has 1 amide bonds. The monoisotopic (exact) mass is 400 g/mol. The third kappa shape index (κ3) is 4.61. The highest BCUT2D eigenvalue weighted by Gasteiger charge is 2.34. The zero-order valence-corrected chi connectivity index (χ0v) is 14.5. The van der Waals surface area contributed by atoms with E-state index < -0.39 is 15.9 Å². The largest absolute Gasteiger partial charge is 0.459 e. The molecule has 0 aliphatic carbocycles. The molecule has 1 aromatic carbocycles. The van der Waals surface area contributed by atoms with E-state index in [0.717, 1.165) is 0 Å². The molecule has 9 heteroatoms. The Kier molecular flexibility index (Phi) is 5.75. The average Bonchev–Trinajstić information content (AvgIpc) is 2.95. The summed E-state index contributed by atoms with van der Waals surface area (Å²) in [7, 11) is 0. The smallest absolute Gasteiger partial charge is 0.288 e. The van der Waals surface area contributed by atoms with Gasteiger partial charge >= 0.3 is 0 Å². The Morgan fingerprint density at radius 1 is 1.14 bits per heavy atom. The van der Waals surface area contributed by atoms with Gasteiger partial charge in [0.2, 0.25) is 3.79 Å². The van der Waals surface area contributed by atoms with Crippen molar-refractivity contribution in [3.05, 3.63) is 52.4 Å². The van der Waals surface area contributed by atoms with E-state index in [1.54, 1.807) is 24.3 Å². The number of amides is 1. The number of rotatable bonds is 4. The molecule has 2 rings (SSSR count). The van der Waals surface area contributed by atoms with Crippen LogP contribution < -0.4 is 10.6 Å². The number of anilines is 1. The second-order valence-corrected chi connectivity index (χ2v) is 7.38. The molecule has 0 spiro atoms. The maximum absolute atomic E-state index is 12.0. The van der Waals surface area contributed by atoms with Gasteiger partial charge in [0, 0.05) is 5.69 Å². The van der Waals surface area contributed by atoms with Crippen LogP contribution in [-0.2, 0) is 0 Å². The topological polar surface area (TPSA) is 54.3 Å². The summed E-state index contributed by atoms with van der Waals surface area (Å²) in [5.74, 6) is -0.441. The van der Waals surface area contributed by atoms with Gasteiger partial charge in [-0.15, -0.1) is 0 Å². The molecule has 0 fully saturated rings. The molecule has 1 aromatic heterocycles. The Morgan fingerprint density at radius 3 is 2.41 bits per heavy atom. The number of hydrogen-bond donors (Lipinski definition) is 2. The number of carbonyl (C=O) groups is 1. The quantitative estimate of drug-likeness (QED) is 0.551. The van der Waals surface area contributed by atoms with Gasteiger partial charge < -0.3 is 15.1 Å². The van der Waals surface area contributed by atoms with Gasteiger partial charge in [0.05, 0.1) is 16.3 Å². The van der Waals surface area contributed by atoms with Crippen LogP contribution in [0, 0.1) is 0 Å². The summed E-state index contributed by atoms with van der Waals surface area (Å²) in [5, 5.41) is 6.11. The van der Waals surface area contributed by atoms with Crippen molar-refractivity contribution in [1.82, 2.24) is 5.32 Å². The molecular weight excluding hydrogens is 393 g/mol. The van der Waals surface area contributed by atoms with E-state index in [2.05, 4.69) is 10.6 Å². The van der Waals surface area contributed by atoms with Crippen molar-refractivity contribution in [1.29, 1.82) is 0 Å². The van der Waals surface area contributed by atoms with E-state index in [1.807, 2.05) is 0 Å². The molecule has 2 aromatic rings. The van der Waals surface area contributed by atoms with E-state index in [9.17, 15) is 4.79 Å². The van der Waals surface area contributed by atoms with Crippen LogP contribution in [0.25, 0.3) is 0 Å². The minimum absolute atomic E-state index is 0.0928. The molecule has 0 aliphatic heterocycles. The lowest BCUT2D eigenvalue weighted by molar-refractivity contribution is 0.0914. The molecule has 118 valence electrons. The zero-order valence-electron chi connectivity index (χ0n) is 10.7. The Balaban J connectivity index is 2.16. The van der Waals surface area contributed by atoms with Crippen LogP contribution >= 0.6 is 58.0 Å². The number of nitrogens with one attached hydrogen (secondary N) is 2. The summed E-state index contributed by atoms with van der Waals surface area (Å²) in [5.41, 5.74) is 0.519. The van der Waals surface area contributed by atoms with Crippen molar-refractivity contribution in [2.45, 2.75) is 9.96 Å². The second kappa shape index (κ2) is 7.20. The predicted molar refractivity (Wildman–Crippen MR) is 90.3 cm³/mol. The Bertz CT molecular complexity index is 655. The lowest BCUT2D eigenvalue weighted by Gasteiger charge is -2.27. The van der Waals surface area contributed by atoms with E-state index >= 15 is 0 Å². The third-order valence-electron chi connectivity index (χ3n) is 2.58. The number of furan rings is 1.